The van der Waals surface area contributed by atoms with E-state index in [0.717, 1.165) is 4.31 Å². The van der Waals surface area contributed by atoms with Crippen molar-refractivity contribution in [3.05, 3.63) is 29.8 Å². The molecule has 7 heteroatoms. The highest BCUT2D eigenvalue weighted by molar-refractivity contribution is 7.89. The van der Waals surface area contributed by atoms with E-state index in [-0.39, 0.29) is 18.0 Å². The molecule has 1 saturated heterocycles. The van der Waals surface area contributed by atoms with E-state index in [1.54, 1.807) is 18.2 Å². The molecular formula is C14H16N2O4S. The number of nitrogens with zero attached hydrogens (tertiary/aromatic N) is 1. The van der Waals surface area contributed by atoms with Crippen LogP contribution in [0.1, 0.15) is 18.4 Å². The summed E-state index contributed by atoms with van der Waals surface area (Å²) in [6.45, 7) is -0.0975. The van der Waals surface area contributed by atoms with Crippen molar-refractivity contribution in [2.45, 2.75) is 23.8 Å². The van der Waals surface area contributed by atoms with Gasteiger partial charge in [0.25, 0.3) is 0 Å². The lowest BCUT2D eigenvalue weighted by molar-refractivity contribution is -0.121. The minimum absolute atomic E-state index is 0.0269. The molecule has 6 nitrogen and oxygen atoms in total. The van der Waals surface area contributed by atoms with Gasteiger partial charge in [0.2, 0.25) is 15.9 Å². The Hall–Kier alpha value is -1.88. The molecule has 0 radical (unpaired) electrons. The number of hydrogen-bond acceptors (Lipinski definition) is 4. The topological polar surface area (TPSA) is 101 Å². The zero-order chi connectivity index (χ0) is 15.5. The fourth-order valence-electron chi connectivity index (χ4n) is 2.37. The van der Waals surface area contributed by atoms with Gasteiger partial charge in [-0.3, -0.25) is 4.79 Å². The van der Waals surface area contributed by atoms with Gasteiger partial charge in [-0.1, -0.05) is 24.0 Å². The molecule has 1 heterocycles. The third-order valence-corrected chi connectivity index (χ3v) is 5.27. The summed E-state index contributed by atoms with van der Waals surface area (Å²) in [5.41, 5.74) is 5.57. The minimum atomic E-state index is -3.85. The van der Waals surface area contributed by atoms with Crippen molar-refractivity contribution in [3.63, 3.8) is 0 Å². The molecule has 0 spiro atoms. The molecule has 1 amide bonds. The van der Waals surface area contributed by atoms with Gasteiger partial charge in [-0.05, 0) is 25.0 Å². The van der Waals surface area contributed by atoms with E-state index in [2.05, 4.69) is 11.8 Å². The third kappa shape index (κ3) is 3.08. The van der Waals surface area contributed by atoms with Crippen molar-refractivity contribution < 1.29 is 18.3 Å². The van der Waals surface area contributed by atoms with Crippen LogP contribution in [0.4, 0.5) is 0 Å². The number of amides is 1. The number of nitrogens with two attached hydrogens (primary N) is 1. The summed E-state index contributed by atoms with van der Waals surface area (Å²) in [4.78, 5) is 11.4. The Kier molecular flexibility index (Phi) is 4.63. The van der Waals surface area contributed by atoms with Crippen molar-refractivity contribution in [1.82, 2.24) is 4.31 Å². The molecule has 1 fully saturated rings. The van der Waals surface area contributed by atoms with E-state index in [0.29, 0.717) is 18.4 Å². The van der Waals surface area contributed by atoms with E-state index < -0.39 is 22.0 Å². The molecule has 0 bridgehead atoms. The van der Waals surface area contributed by atoms with Gasteiger partial charge in [0.05, 0.1) is 4.90 Å². The maximum absolute atomic E-state index is 12.7. The van der Waals surface area contributed by atoms with Crippen LogP contribution < -0.4 is 5.73 Å². The lowest BCUT2D eigenvalue weighted by atomic mass is 10.2. The quantitative estimate of drug-likeness (QED) is 0.747. The second-order valence-electron chi connectivity index (χ2n) is 4.63. The number of hydrogen-bond donors (Lipinski definition) is 2. The average Bonchev–Trinajstić information content (AvgIpc) is 2.96. The van der Waals surface area contributed by atoms with Crippen molar-refractivity contribution >= 4 is 15.9 Å². The molecule has 1 aliphatic rings. The second kappa shape index (κ2) is 6.26. The maximum Gasteiger partial charge on any atom is 0.245 e. The van der Waals surface area contributed by atoms with Crippen LogP contribution in [0.3, 0.4) is 0 Å². The average molecular weight is 308 g/mol. The van der Waals surface area contributed by atoms with Gasteiger partial charge in [-0.25, -0.2) is 8.42 Å². The van der Waals surface area contributed by atoms with Crippen LogP contribution in [-0.4, -0.2) is 42.9 Å². The Bertz CT molecular complexity index is 703. The first kappa shape index (κ1) is 15.5. The summed E-state index contributed by atoms with van der Waals surface area (Å²) >= 11 is 0. The Morgan fingerprint density at radius 3 is 2.81 bits per heavy atom. The summed E-state index contributed by atoms with van der Waals surface area (Å²) in [5.74, 6) is 4.40. The second-order valence-corrected chi connectivity index (χ2v) is 6.49. The molecule has 1 aromatic carbocycles. The van der Waals surface area contributed by atoms with Crippen LogP contribution in [0.25, 0.3) is 0 Å². The number of rotatable bonds is 3. The fourth-order valence-corrected chi connectivity index (χ4v) is 4.18. The molecule has 2 rings (SSSR count). The van der Waals surface area contributed by atoms with Gasteiger partial charge in [0.1, 0.15) is 12.6 Å². The zero-order valence-corrected chi connectivity index (χ0v) is 12.1. The standard InChI is InChI=1S/C14H16N2O4S/c15-14(18)12-7-3-9-16(12)21(19,20)13-8-2-1-5-11(13)6-4-10-17/h1-2,5,8,12,17H,3,7,9-10H2,(H2,15,18). The number of carbonyl (C=O) groups excluding carboxylic acids is 1. The Labute approximate surface area is 123 Å². The molecule has 1 atom stereocenters. The summed E-state index contributed by atoms with van der Waals surface area (Å²) in [5, 5.41) is 8.75. The van der Waals surface area contributed by atoms with E-state index >= 15 is 0 Å². The normalized spacial score (nSPS) is 19.0. The molecule has 0 aliphatic carbocycles. The molecule has 1 aromatic rings. The lowest BCUT2D eigenvalue weighted by Gasteiger charge is -2.22. The van der Waals surface area contributed by atoms with E-state index in [1.165, 1.54) is 6.07 Å². The van der Waals surface area contributed by atoms with Crippen molar-refractivity contribution in [2.75, 3.05) is 13.2 Å². The Balaban J connectivity index is 2.47. The molecule has 0 saturated carbocycles. The predicted octanol–water partition coefficient (Wildman–Crippen LogP) is -0.331. The number of carbonyl (C=O) groups is 1. The first-order valence-electron chi connectivity index (χ1n) is 6.48. The van der Waals surface area contributed by atoms with Crippen molar-refractivity contribution in [2.24, 2.45) is 5.73 Å². The smallest absolute Gasteiger partial charge is 0.245 e. The molecule has 112 valence electrons. The monoisotopic (exact) mass is 308 g/mol. The SMILES string of the molecule is NC(=O)C1CCCN1S(=O)(=O)c1ccccc1C#CCO. The van der Waals surface area contributed by atoms with Crippen LogP contribution in [0, 0.1) is 11.8 Å². The van der Waals surface area contributed by atoms with Crippen LogP contribution in [-0.2, 0) is 14.8 Å². The summed E-state index contributed by atoms with van der Waals surface area (Å²) in [6.07, 6.45) is 1.02. The number of primary amides is 1. The number of aliphatic hydroxyl groups excluding tert-OH is 1. The number of aliphatic hydroxyl groups is 1. The number of benzene rings is 1. The van der Waals surface area contributed by atoms with E-state index in [1.807, 2.05) is 0 Å². The van der Waals surface area contributed by atoms with Crippen molar-refractivity contribution in [1.29, 1.82) is 0 Å². The maximum atomic E-state index is 12.7. The molecule has 1 unspecified atom stereocenters. The lowest BCUT2D eigenvalue weighted by Crippen LogP contribution is -2.43. The van der Waals surface area contributed by atoms with E-state index in [9.17, 15) is 13.2 Å². The molecular weight excluding hydrogens is 292 g/mol. The highest BCUT2D eigenvalue weighted by atomic mass is 32.2. The Morgan fingerprint density at radius 1 is 1.43 bits per heavy atom. The van der Waals surface area contributed by atoms with Crippen LogP contribution in [0.2, 0.25) is 0 Å². The summed E-state index contributed by atoms with van der Waals surface area (Å²) < 4.78 is 26.6. The number of sulfonamides is 1. The van der Waals surface area contributed by atoms with Gasteiger partial charge in [-0.15, -0.1) is 0 Å². The zero-order valence-electron chi connectivity index (χ0n) is 11.3. The van der Waals surface area contributed by atoms with Crippen LogP contribution in [0.15, 0.2) is 29.2 Å². The Morgan fingerprint density at radius 2 is 2.14 bits per heavy atom. The summed E-state index contributed by atoms with van der Waals surface area (Å²) in [6, 6.07) is 5.44. The van der Waals surface area contributed by atoms with E-state index in [4.69, 9.17) is 10.8 Å². The van der Waals surface area contributed by atoms with Gasteiger partial charge in [0.15, 0.2) is 0 Å². The minimum Gasteiger partial charge on any atom is -0.384 e. The highest BCUT2D eigenvalue weighted by Gasteiger charge is 2.39. The molecule has 1 aliphatic heterocycles. The van der Waals surface area contributed by atoms with Crippen molar-refractivity contribution in [3.8, 4) is 11.8 Å². The fraction of sp³-hybridized carbons (Fsp3) is 0.357. The molecule has 3 N–H and O–H groups in total. The van der Waals surface area contributed by atoms with Gasteiger partial charge >= 0.3 is 0 Å². The molecule has 21 heavy (non-hydrogen) atoms. The largest absolute Gasteiger partial charge is 0.384 e. The van der Waals surface area contributed by atoms with Crippen LogP contribution in [0.5, 0.6) is 0 Å². The first-order valence-corrected chi connectivity index (χ1v) is 7.92. The summed E-state index contributed by atoms with van der Waals surface area (Å²) in [7, 11) is -3.85. The van der Waals surface area contributed by atoms with Gasteiger partial charge in [-0.2, -0.15) is 4.31 Å². The predicted molar refractivity (Wildman–Crippen MR) is 76.5 cm³/mol. The van der Waals surface area contributed by atoms with Gasteiger partial charge in [0, 0.05) is 12.1 Å². The third-order valence-electron chi connectivity index (χ3n) is 3.31. The molecule has 0 aromatic heterocycles. The first-order chi connectivity index (χ1) is 9.98. The van der Waals surface area contributed by atoms with Gasteiger partial charge < -0.3 is 10.8 Å². The highest BCUT2D eigenvalue weighted by Crippen LogP contribution is 2.27. The van der Waals surface area contributed by atoms with Crippen LogP contribution >= 0.6 is 0 Å².